The molecule has 0 aromatic rings. The lowest BCUT2D eigenvalue weighted by Gasteiger charge is -2.24. The van der Waals surface area contributed by atoms with Gasteiger partial charge in [-0.15, -0.1) is 0 Å². The smallest absolute Gasteiger partial charge is 0.244 e. The number of aliphatic imine (C=N–C) groups is 1. The average molecular weight is 418 g/mol. The molecule has 0 fully saturated rings. The second-order valence-corrected chi connectivity index (χ2v) is 6.38. The van der Waals surface area contributed by atoms with Gasteiger partial charge in [-0.25, -0.2) is 5.48 Å². The number of carbonyl (C=O) groups excluding carboxylic acids is 2. The summed E-state index contributed by atoms with van der Waals surface area (Å²) in [7, 11) is 1.52. The fraction of sp³-hybridized carbons (Fsp3) is 0.450. The van der Waals surface area contributed by atoms with Crippen LogP contribution in [0.3, 0.4) is 0 Å². The largest absolute Gasteiger partial charge is 0.380 e. The molecule has 30 heavy (non-hydrogen) atoms. The summed E-state index contributed by atoms with van der Waals surface area (Å²) in [4.78, 5) is 31.7. The number of nitrogens with one attached hydrogen (secondary N) is 5. The molecule has 10 nitrogen and oxygen atoms in total. The van der Waals surface area contributed by atoms with E-state index in [0.29, 0.717) is 57.2 Å². The van der Waals surface area contributed by atoms with E-state index in [1.807, 2.05) is 12.2 Å². The highest BCUT2D eigenvalue weighted by molar-refractivity contribution is 6.27. The summed E-state index contributed by atoms with van der Waals surface area (Å²) in [5.74, 6) is 0.782. The zero-order valence-electron chi connectivity index (χ0n) is 17.4. The Morgan fingerprint density at radius 3 is 2.80 bits per heavy atom. The lowest BCUT2D eigenvalue weighted by atomic mass is 10.1. The van der Waals surface area contributed by atoms with Crippen molar-refractivity contribution in [1.29, 1.82) is 0 Å². The normalized spacial score (nSPS) is 18.9. The van der Waals surface area contributed by atoms with Crippen molar-refractivity contribution in [2.75, 3.05) is 46.5 Å². The summed E-state index contributed by atoms with van der Waals surface area (Å²) < 4.78 is 5.52. The number of hydroxylamine groups is 1. The Morgan fingerprint density at radius 1 is 1.23 bits per heavy atom. The quantitative estimate of drug-likeness (QED) is 0.0954. The summed E-state index contributed by atoms with van der Waals surface area (Å²) in [5, 5.41) is 12.4. The minimum absolute atomic E-state index is 0.113. The van der Waals surface area contributed by atoms with Crippen LogP contribution in [0.1, 0.15) is 13.3 Å². The molecule has 0 spiro atoms. The van der Waals surface area contributed by atoms with Gasteiger partial charge < -0.3 is 30.8 Å². The average Bonchev–Trinajstić information content (AvgIpc) is 2.77. The standard InChI is InChI=1S/C20H30N6O4/c1-3-11-30-12-10-22-20-17(25-18(14-27)21-8-9-24-29-2)6-5-16(26-20)15-4-7-19(28)23-13-15/h4-7,14,22,24,26H,3,8-13H2,1-2H3,(H,21,25)(H,23,28). The van der Waals surface area contributed by atoms with Gasteiger partial charge in [0.25, 0.3) is 0 Å². The van der Waals surface area contributed by atoms with Crippen molar-refractivity contribution in [3.05, 3.63) is 47.1 Å². The second-order valence-electron chi connectivity index (χ2n) is 6.38. The SMILES string of the molecule is CCCOCCNC1=C(NC(C=O)=NCCNOC)C=CC(=C2C=CC(=O)NC2)N1. The maximum Gasteiger partial charge on any atom is 0.244 e. The van der Waals surface area contributed by atoms with Crippen LogP contribution in [-0.2, 0) is 19.2 Å². The van der Waals surface area contributed by atoms with Gasteiger partial charge in [-0.05, 0) is 30.2 Å². The van der Waals surface area contributed by atoms with Crippen molar-refractivity contribution in [1.82, 2.24) is 26.7 Å². The number of nitrogens with zero attached hydrogens (tertiary/aromatic N) is 1. The number of amidine groups is 1. The number of hydrogen-bond donors (Lipinski definition) is 5. The van der Waals surface area contributed by atoms with Crippen molar-refractivity contribution in [2.24, 2.45) is 4.99 Å². The van der Waals surface area contributed by atoms with E-state index >= 15 is 0 Å². The lowest BCUT2D eigenvalue weighted by Crippen LogP contribution is -2.38. The van der Waals surface area contributed by atoms with Gasteiger partial charge in [0, 0.05) is 38.0 Å². The molecule has 0 saturated carbocycles. The third-order valence-corrected chi connectivity index (χ3v) is 4.09. The Balaban J connectivity index is 2.12. The first-order chi connectivity index (χ1) is 14.7. The molecule has 10 heteroatoms. The zero-order valence-corrected chi connectivity index (χ0v) is 17.4. The fourth-order valence-corrected chi connectivity index (χ4v) is 2.65. The van der Waals surface area contributed by atoms with Gasteiger partial charge in [-0.2, -0.15) is 0 Å². The predicted octanol–water partition coefficient (Wildman–Crippen LogP) is -0.391. The number of allylic oxidation sites excluding steroid dienone is 2. The summed E-state index contributed by atoms with van der Waals surface area (Å²) in [5.41, 5.74) is 5.14. The third-order valence-electron chi connectivity index (χ3n) is 4.09. The van der Waals surface area contributed by atoms with Crippen LogP contribution in [0.4, 0.5) is 0 Å². The van der Waals surface area contributed by atoms with Crippen LogP contribution in [0.5, 0.6) is 0 Å². The van der Waals surface area contributed by atoms with Gasteiger partial charge in [0.2, 0.25) is 5.91 Å². The topological polar surface area (TPSA) is 125 Å². The highest BCUT2D eigenvalue weighted by Crippen LogP contribution is 2.15. The molecule has 164 valence electrons. The van der Waals surface area contributed by atoms with E-state index in [1.54, 1.807) is 6.08 Å². The molecule has 0 radical (unpaired) electrons. The predicted molar refractivity (Wildman–Crippen MR) is 114 cm³/mol. The summed E-state index contributed by atoms with van der Waals surface area (Å²) >= 11 is 0. The molecular weight excluding hydrogens is 388 g/mol. The minimum Gasteiger partial charge on any atom is -0.380 e. The molecule has 2 aliphatic heterocycles. The van der Waals surface area contributed by atoms with Crippen LogP contribution in [-0.4, -0.2) is 64.5 Å². The number of rotatable bonds is 12. The van der Waals surface area contributed by atoms with Crippen molar-refractivity contribution in [2.45, 2.75) is 13.3 Å². The van der Waals surface area contributed by atoms with E-state index in [9.17, 15) is 9.59 Å². The molecule has 0 unspecified atom stereocenters. The monoisotopic (exact) mass is 418 g/mol. The van der Waals surface area contributed by atoms with Gasteiger partial charge in [-0.1, -0.05) is 6.92 Å². The van der Waals surface area contributed by atoms with E-state index in [4.69, 9.17) is 9.57 Å². The summed E-state index contributed by atoms with van der Waals surface area (Å²) in [6.07, 6.45) is 8.64. The highest BCUT2D eigenvalue weighted by Gasteiger charge is 2.16. The number of hydrogen-bond acceptors (Lipinski definition) is 8. The molecule has 0 bridgehead atoms. The molecule has 0 aromatic heterocycles. The number of carbonyl (C=O) groups is 2. The third kappa shape index (κ3) is 7.82. The number of aldehydes is 1. The number of dihydropyridines is 1. The first kappa shape index (κ1) is 23.3. The summed E-state index contributed by atoms with van der Waals surface area (Å²) in [6, 6.07) is 0. The van der Waals surface area contributed by atoms with Crippen LogP contribution in [0.15, 0.2) is 52.1 Å². The molecule has 2 rings (SSSR count). The maximum absolute atomic E-state index is 11.4. The van der Waals surface area contributed by atoms with Crippen molar-refractivity contribution < 1.29 is 19.2 Å². The van der Waals surface area contributed by atoms with Crippen molar-refractivity contribution >= 4 is 18.0 Å². The molecule has 0 aromatic carbocycles. The number of amides is 1. The van der Waals surface area contributed by atoms with Crippen LogP contribution in [0, 0.1) is 0 Å². The minimum atomic E-state index is -0.113. The molecular formula is C20H30N6O4. The molecule has 2 aliphatic rings. The fourth-order valence-electron chi connectivity index (χ4n) is 2.65. The lowest BCUT2D eigenvalue weighted by molar-refractivity contribution is -0.116. The van der Waals surface area contributed by atoms with Gasteiger partial charge in [0.1, 0.15) is 5.82 Å². The van der Waals surface area contributed by atoms with E-state index in [2.05, 4.69) is 38.7 Å². The Morgan fingerprint density at radius 2 is 2.10 bits per heavy atom. The first-order valence-corrected chi connectivity index (χ1v) is 9.90. The van der Waals surface area contributed by atoms with Gasteiger partial charge in [0.15, 0.2) is 12.1 Å². The Hall–Kier alpha value is -2.95. The van der Waals surface area contributed by atoms with Crippen molar-refractivity contribution in [3.63, 3.8) is 0 Å². The highest BCUT2D eigenvalue weighted by atomic mass is 16.6. The maximum atomic E-state index is 11.4. The van der Waals surface area contributed by atoms with Gasteiger partial charge in [0.05, 0.1) is 26.0 Å². The second kappa shape index (κ2) is 13.3. The van der Waals surface area contributed by atoms with Gasteiger partial charge in [-0.3, -0.25) is 14.6 Å². The van der Waals surface area contributed by atoms with E-state index in [1.165, 1.54) is 13.2 Å². The van der Waals surface area contributed by atoms with Crippen LogP contribution < -0.4 is 26.7 Å². The van der Waals surface area contributed by atoms with E-state index in [0.717, 1.165) is 17.7 Å². The molecule has 2 heterocycles. The Bertz CT molecular complexity index is 754. The van der Waals surface area contributed by atoms with E-state index < -0.39 is 0 Å². The van der Waals surface area contributed by atoms with Crippen LogP contribution in [0.25, 0.3) is 0 Å². The van der Waals surface area contributed by atoms with E-state index in [-0.39, 0.29) is 11.7 Å². The Kier molecular flexibility index (Phi) is 10.3. The molecule has 0 saturated heterocycles. The van der Waals surface area contributed by atoms with Crippen molar-refractivity contribution in [3.8, 4) is 0 Å². The zero-order chi connectivity index (χ0) is 21.6. The molecule has 0 atom stereocenters. The Labute approximate surface area is 176 Å². The number of ether oxygens (including phenoxy) is 1. The molecule has 1 amide bonds. The first-order valence-electron chi connectivity index (χ1n) is 9.90. The van der Waals surface area contributed by atoms with Crippen LogP contribution in [0.2, 0.25) is 0 Å². The molecule has 0 aliphatic carbocycles. The van der Waals surface area contributed by atoms with Crippen LogP contribution >= 0.6 is 0 Å². The van der Waals surface area contributed by atoms with Gasteiger partial charge >= 0.3 is 0 Å². The summed E-state index contributed by atoms with van der Waals surface area (Å²) in [6.45, 7) is 5.20. The molecule has 5 N–H and O–H groups in total.